The van der Waals surface area contributed by atoms with Gasteiger partial charge < -0.3 is 0 Å². The van der Waals surface area contributed by atoms with Crippen LogP contribution in [0.2, 0.25) is 0 Å². The molecular formula is C3H8B2N. The molecule has 0 fully saturated rings. The van der Waals surface area contributed by atoms with E-state index in [0.717, 1.165) is 0 Å². The zero-order valence-corrected chi connectivity index (χ0v) is 4.02. The maximum atomic E-state index is 5.28. The average molecular weight is 79.7 g/mol. The Morgan fingerprint density at radius 1 is 1.83 bits per heavy atom. The zero-order chi connectivity index (χ0) is 4.99. The molecule has 0 amide bonds. The minimum atomic E-state index is 0.155. The van der Waals surface area contributed by atoms with E-state index in [1.807, 2.05) is 14.1 Å². The molecule has 0 aliphatic heterocycles. The van der Waals surface area contributed by atoms with Gasteiger partial charge in [0.25, 0.3) is 0 Å². The minimum absolute atomic E-state index is 0.155. The summed E-state index contributed by atoms with van der Waals surface area (Å²) in [6, 6.07) is 0. The van der Waals surface area contributed by atoms with Crippen LogP contribution in [0.25, 0.3) is 0 Å². The van der Waals surface area contributed by atoms with Crippen LogP contribution < -0.4 is 5.73 Å². The molecule has 1 nitrogen and oxygen atoms in total. The summed E-state index contributed by atoms with van der Waals surface area (Å²) in [6.45, 7) is 7.07. The second-order valence-electron chi connectivity index (χ2n) is 1.29. The molecule has 1 radical (unpaired) electrons. The van der Waals surface area contributed by atoms with E-state index in [1.54, 1.807) is 6.81 Å². The third-order valence-electron chi connectivity index (χ3n) is 0.440. The van der Waals surface area contributed by atoms with Gasteiger partial charge in [-0.15, -0.1) is 0 Å². The summed E-state index contributed by atoms with van der Waals surface area (Å²) in [5, 5.41) is 0. The third-order valence-corrected chi connectivity index (χ3v) is 0.440. The van der Waals surface area contributed by atoms with Gasteiger partial charge in [-0.2, -0.15) is 0 Å². The summed E-state index contributed by atoms with van der Waals surface area (Å²) in [5.74, 6) is 0.155. The Labute approximate surface area is 40.1 Å². The fourth-order valence-corrected chi connectivity index (χ4v) is 0.215. The van der Waals surface area contributed by atoms with Gasteiger partial charge in [-0.25, -0.2) is 0 Å². The van der Waals surface area contributed by atoms with Gasteiger partial charge in [-0.05, 0) is 0 Å². The molecule has 0 heterocycles. The Hall–Kier alpha value is -0.0401. The van der Waals surface area contributed by atoms with E-state index < -0.39 is 0 Å². The van der Waals surface area contributed by atoms with Crippen LogP contribution in [0, 0.1) is 0 Å². The predicted octanol–water partition coefficient (Wildman–Crippen LogP) is -0.954. The molecule has 1 unspecified atom stereocenters. The van der Waals surface area contributed by atoms with E-state index in [1.165, 1.54) is 0 Å². The van der Waals surface area contributed by atoms with Gasteiger partial charge in [0.2, 0.25) is 0 Å². The molecule has 0 spiro atoms. The molecule has 1 atom stereocenters. The Morgan fingerprint density at radius 3 is 2.33 bits per heavy atom. The molecule has 0 aromatic heterocycles. The van der Waals surface area contributed by atoms with E-state index in [4.69, 9.17) is 5.73 Å². The molecule has 31 valence electrons. The van der Waals surface area contributed by atoms with Crippen molar-refractivity contribution in [2.24, 2.45) is 5.73 Å². The van der Waals surface area contributed by atoms with E-state index >= 15 is 0 Å². The van der Waals surface area contributed by atoms with Crippen molar-refractivity contribution in [3.05, 3.63) is 0 Å². The average Bonchev–Trinajstić information content (AvgIpc) is 1.35. The molecule has 0 aliphatic carbocycles. The van der Waals surface area contributed by atoms with Crippen LogP contribution in [0.4, 0.5) is 0 Å². The third kappa shape index (κ3) is 3.96. The van der Waals surface area contributed by atoms with Gasteiger partial charge in [-0.3, -0.25) is 0 Å². The fraction of sp³-hybridized carbons (Fsp3) is 0.667. The molecule has 0 bridgehead atoms. The van der Waals surface area contributed by atoms with Crippen molar-refractivity contribution in [2.75, 3.05) is 0 Å². The number of hydrogen-bond acceptors (Lipinski definition) is 1. The van der Waals surface area contributed by atoms with Gasteiger partial charge in [0.05, 0.1) is 0 Å². The number of nitrogens with two attached hydrogens (primary N) is 1. The molecule has 0 rings (SSSR count). The molecule has 3 heteroatoms. The first kappa shape index (κ1) is 5.96. The molecule has 0 aromatic carbocycles. The number of rotatable bonds is 2. The van der Waals surface area contributed by atoms with Crippen LogP contribution in [-0.4, -0.2) is 26.4 Å². The van der Waals surface area contributed by atoms with Crippen molar-refractivity contribution < 1.29 is 0 Å². The summed E-state index contributed by atoms with van der Waals surface area (Å²) >= 11 is 0. The Morgan fingerprint density at radius 2 is 2.33 bits per heavy atom. The van der Waals surface area contributed by atoms with Gasteiger partial charge >= 0.3 is 39.0 Å². The van der Waals surface area contributed by atoms with Crippen molar-refractivity contribution >= 4 is 20.5 Å². The SMILES string of the molecule is C=B[B]C(C)N. The van der Waals surface area contributed by atoms with Crippen LogP contribution in [0.3, 0.4) is 0 Å². The molecule has 6 heavy (non-hydrogen) atoms. The molecule has 0 saturated carbocycles. The van der Waals surface area contributed by atoms with Gasteiger partial charge in [0, 0.05) is 0 Å². The van der Waals surface area contributed by atoms with E-state index in [9.17, 15) is 0 Å². The van der Waals surface area contributed by atoms with Crippen molar-refractivity contribution in [3.8, 4) is 0 Å². The van der Waals surface area contributed by atoms with Crippen LogP contribution in [0.1, 0.15) is 6.92 Å². The molecule has 2 N–H and O–H groups in total. The standard InChI is InChI=1S/C3H8B2N/c1-3(6)5-4-2/h3H,2,6H2,1H3. The van der Waals surface area contributed by atoms with Crippen molar-refractivity contribution in [1.82, 2.24) is 0 Å². The molecule has 0 aromatic rings. The second kappa shape index (κ2) is 3.16. The summed E-state index contributed by atoms with van der Waals surface area (Å²) in [6.07, 6.45) is 0. The Bertz CT molecular complexity index is 44.1. The van der Waals surface area contributed by atoms with Gasteiger partial charge in [0.15, 0.2) is 0 Å². The van der Waals surface area contributed by atoms with Crippen LogP contribution >= 0.6 is 0 Å². The Kier molecular flexibility index (Phi) is 3.14. The summed E-state index contributed by atoms with van der Waals surface area (Å²) in [4.78, 5) is 0. The number of hydrogen-bond donors (Lipinski definition) is 1. The van der Waals surface area contributed by atoms with Crippen molar-refractivity contribution in [2.45, 2.75) is 12.9 Å². The zero-order valence-electron chi connectivity index (χ0n) is 4.02. The topological polar surface area (TPSA) is 26.0 Å². The van der Waals surface area contributed by atoms with Crippen molar-refractivity contribution in [3.63, 3.8) is 0 Å². The monoisotopic (exact) mass is 80.1 g/mol. The van der Waals surface area contributed by atoms with Gasteiger partial charge in [-0.1, -0.05) is 0 Å². The summed E-state index contributed by atoms with van der Waals surface area (Å²) in [7, 11) is 1.83. The molecule has 0 saturated heterocycles. The quantitative estimate of drug-likeness (QED) is 0.425. The first-order valence-corrected chi connectivity index (χ1v) is 1.99. The van der Waals surface area contributed by atoms with E-state index in [-0.39, 0.29) is 5.94 Å². The molecular weight excluding hydrogens is 71.7 g/mol. The van der Waals surface area contributed by atoms with Crippen LogP contribution in [-0.2, 0) is 0 Å². The van der Waals surface area contributed by atoms with E-state index in [2.05, 4.69) is 6.47 Å². The molecule has 0 aliphatic rings. The maximum absolute atomic E-state index is 5.28. The predicted molar refractivity (Wildman–Crippen MR) is 32.3 cm³/mol. The van der Waals surface area contributed by atoms with Crippen LogP contribution in [0.15, 0.2) is 0 Å². The van der Waals surface area contributed by atoms with E-state index in [0.29, 0.717) is 0 Å². The van der Waals surface area contributed by atoms with Crippen molar-refractivity contribution in [1.29, 1.82) is 0 Å². The second-order valence-corrected chi connectivity index (χ2v) is 1.29. The summed E-state index contributed by atoms with van der Waals surface area (Å²) < 4.78 is 0. The normalized spacial score (nSPS) is 12.3. The fourth-order valence-electron chi connectivity index (χ4n) is 0.215. The Balaban J connectivity index is 2.81. The first-order valence-electron chi connectivity index (χ1n) is 1.99. The summed E-state index contributed by atoms with van der Waals surface area (Å²) in [5.41, 5.74) is 5.28. The van der Waals surface area contributed by atoms with Gasteiger partial charge in [0.1, 0.15) is 0 Å². The van der Waals surface area contributed by atoms with Crippen LogP contribution in [0.5, 0.6) is 0 Å². The first-order chi connectivity index (χ1) is 2.77.